The highest BCUT2D eigenvalue weighted by Crippen LogP contribution is 2.26. The van der Waals surface area contributed by atoms with E-state index in [1.54, 1.807) is 13.0 Å². The maximum absolute atomic E-state index is 12.4. The van der Waals surface area contributed by atoms with E-state index in [4.69, 9.17) is 4.52 Å². The zero-order valence-electron chi connectivity index (χ0n) is 13.2. The van der Waals surface area contributed by atoms with Gasteiger partial charge in [-0.05, 0) is 38.0 Å². The third kappa shape index (κ3) is 3.56. The Morgan fingerprint density at radius 3 is 2.91 bits per heavy atom. The molecular weight excluding hydrogens is 312 g/mol. The second kappa shape index (κ2) is 6.45. The molecule has 0 unspecified atom stereocenters. The average molecular weight is 330 g/mol. The number of aromatic nitrogens is 3. The summed E-state index contributed by atoms with van der Waals surface area (Å²) in [6, 6.07) is 7.74. The van der Waals surface area contributed by atoms with Gasteiger partial charge in [-0.15, -0.1) is 0 Å². The largest absolute Gasteiger partial charge is 0.360 e. The van der Waals surface area contributed by atoms with Crippen molar-refractivity contribution < 1.29 is 9.32 Å². The lowest BCUT2D eigenvalue weighted by molar-refractivity contribution is -0.115. The van der Waals surface area contributed by atoms with Crippen LogP contribution in [0.3, 0.4) is 0 Å². The predicted octanol–water partition coefficient (Wildman–Crippen LogP) is 3.68. The van der Waals surface area contributed by atoms with E-state index in [9.17, 15) is 4.79 Å². The summed E-state index contributed by atoms with van der Waals surface area (Å²) in [5.41, 5.74) is 3.05. The summed E-state index contributed by atoms with van der Waals surface area (Å²) in [5.74, 6) is 0.989. The lowest BCUT2D eigenvalue weighted by Crippen LogP contribution is -2.24. The number of rotatable bonds is 5. The SMILES string of the molecule is CC[C@H](Sc1nc2ccc(C)cc2[nH]1)C(=O)Nc1cc(C)on1. The standard InChI is InChI=1S/C16H18N4O2S/c1-4-13(15(21)19-14-8-10(3)22-20-14)23-16-17-11-6-5-9(2)7-12(11)18-16/h5-8,13H,4H2,1-3H3,(H,17,18)(H,19,20,21)/t13-/m0/s1. The van der Waals surface area contributed by atoms with Crippen LogP contribution in [0, 0.1) is 13.8 Å². The number of amides is 1. The topological polar surface area (TPSA) is 83.8 Å². The number of carbonyl (C=O) groups is 1. The molecule has 0 aliphatic rings. The van der Waals surface area contributed by atoms with Crippen LogP contribution in [0.2, 0.25) is 0 Å². The number of hydrogen-bond acceptors (Lipinski definition) is 5. The second-order valence-corrected chi connectivity index (χ2v) is 6.58. The number of nitrogens with zero attached hydrogens (tertiary/aromatic N) is 2. The van der Waals surface area contributed by atoms with Gasteiger partial charge in [0.25, 0.3) is 0 Å². The molecule has 0 radical (unpaired) electrons. The number of imidazole rings is 1. The molecule has 120 valence electrons. The van der Waals surface area contributed by atoms with E-state index in [1.807, 2.05) is 32.0 Å². The summed E-state index contributed by atoms with van der Waals surface area (Å²) in [5, 5.41) is 7.04. The average Bonchev–Trinajstić information content (AvgIpc) is 3.09. The highest BCUT2D eigenvalue weighted by molar-refractivity contribution is 8.00. The number of nitrogens with one attached hydrogen (secondary N) is 2. The second-order valence-electron chi connectivity index (χ2n) is 5.39. The summed E-state index contributed by atoms with van der Waals surface area (Å²) < 4.78 is 4.96. The Bertz CT molecular complexity index is 840. The van der Waals surface area contributed by atoms with E-state index in [0.717, 1.165) is 16.2 Å². The zero-order chi connectivity index (χ0) is 16.4. The first-order valence-electron chi connectivity index (χ1n) is 7.42. The highest BCUT2D eigenvalue weighted by atomic mass is 32.2. The van der Waals surface area contributed by atoms with Crippen LogP contribution in [-0.4, -0.2) is 26.3 Å². The van der Waals surface area contributed by atoms with Gasteiger partial charge in [-0.25, -0.2) is 4.98 Å². The molecule has 1 amide bonds. The monoisotopic (exact) mass is 330 g/mol. The van der Waals surface area contributed by atoms with E-state index in [1.165, 1.54) is 17.3 Å². The molecule has 0 aliphatic heterocycles. The van der Waals surface area contributed by atoms with Crippen LogP contribution in [0.5, 0.6) is 0 Å². The van der Waals surface area contributed by atoms with Crippen molar-refractivity contribution in [3.8, 4) is 0 Å². The van der Waals surface area contributed by atoms with Gasteiger partial charge in [-0.3, -0.25) is 4.79 Å². The molecule has 0 aliphatic carbocycles. The van der Waals surface area contributed by atoms with Gasteiger partial charge in [-0.2, -0.15) is 0 Å². The van der Waals surface area contributed by atoms with Gasteiger partial charge in [0.2, 0.25) is 5.91 Å². The van der Waals surface area contributed by atoms with Crippen molar-refractivity contribution in [3.05, 3.63) is 35.6 Å². The first kappa shape index (κ1) is 15.6. The van der Waals surface area contributed by atoms with E-state index >= 15 is 0 Å². The molecule has 3 rings (SSSR count). The Labute approximate surface area is 138 Å². The van der Waals surface area contributed by atoms with E-state index in [2.05, 4.69) is 20.4 Å². The Morgan fingerprint density at radius 2 is 2.22 bits per heavy atom. The Morgan fingerprint density at radius 1 is 1.39 bits per heavy atom. The summed E-state index contributed by atoms with van der Waals surface area (Å²) >= 11 is 1.42. The molecule has 0 saturated heterocycles. The van der Waals surface area contributed by atoms with Gasteiger partial charge in [0.05, 0.1) is 16.3 Å². The number of hydrogen-bond donors (Lipinski definition) is 2. The molecule has 7 heteroatoms. The fourth-order valence-electron chi connectivity index (χ4n) is 2.24. The minimum Gasteiger partial charge on any atom is -0.360 e. The number of H-pyrrole nitrogens is 1. The summed E-state index contributed by atoms with van der Waals surface area (Å²) in [6.45, 7) is 5.79. The van der Waals surface area contributed by atoms with E-state index < -0.39 is 0 Å². The Balaban J connectivity index is 1.73. The lowest BCUT2D eigenvalue weighted by Gasteiger charge is -2.11. The van der Waals surface area contributed by atoms with Crippen molar-refractivity contribution in [2.75, 3.05) is 5.32 Å². The highest BCUT2D eigenvalue weighted by Gasteiger charge is 2.21. The van der Waals surface area contributed by atoms with Gasteiger partial charge in [-0.1, -0.05) is 29.9 Å². The normalized spacial score (nSPS) is 12.5. The van der Waals surface area contributed by atoms with Crippen molar-refractivity contribution >= 4 is 34.5 Å². The molecule has 0 fully saturated rings. The Hall–Kier alpha value is -2.28. The van der Waals surface area contributed by atoms with Gasteiger partial charge in [0.15, 0.2) is 11.0 Å². The number of thioether (sulfide) groups is 1. The van der Waals surface area contributed by atoms with Crippen LogP contribution in [0.1, 0.15) is 24.7 Å². The van der Waals surface area contributed by atoms with Crippen molar-refractivity contribution in [2.24, 2.45) is 0 Å². The number of aryl methyl sites for hydroxylation is 2. The number of aromatic amines is 1. The number of fused-ring (bicyclic) bond motifs is 1. The van der Waals surface area contributed by atoms with Crippen molar-refractivity contribution in [1.82, 2.24) is 15.1 Å². The molecule has 0 bridgehead atoms. The molecule has 0 saturated carbocycles. The zero-order valence-corrected chi connectivity index (χ0v) is 14.0. The van der Waals surface area contributed by atoms with Crippen molar-refractivity contribution in [2.45, 2.75) is 37.6 Å². The molecule has 3 aromatic rings. The van der Waals surface area contributed by atoms with Gasteiger partial charge >= 0.3 is 0 Å². The van der Waals surface area contributed by atoms with Crippen LogP contribution >= 0.6 is 11.8 Å². The maximum Gasteiger partial charge on any atom is 0.239 e. The molecule has 1 atom stereocenters. The number of carbonyl (C=O) groups excluding carboxylic acids is 1. The summed E-state index contributed by atoms with van der Waals surface area (Å²) in [6.07, 6.45) is 0.684. The molecule has 2 aromatic heterocycles. The van der Waals surface area contributed by atoms with Crippen LogP contribution < -0.4 is 5.32 Å². The molecule has 6 nitrogen and oxygen atoms in total. The molecule has 23 heavy (non-hydrogen) atoms. The third-order valence-electron chi connectivity index (χ3n) is 3.41. The Kier molecular flexibility index (Phi) is 4.38. The quantitative estimate of drug-likeness (QED) is 0.697. The van der Waals surface area contributed by atoms with Gasteiger partial charge in [0.1, 0.15) is 5.76 Å². The predicted molar refractivity (Wildman–Crippen MR) is 90.6 cm³/mol. The summed E-state index contributed by atoms with van der Waals surface area (Å²) in [4.78, 5) is 20.2. The van der Waals surface area contributed by atoms with Crippen molar-refractivity contribution in [1.29, 1.82) is 0 Å². The smallest absolute Gasteiger partial charge is 0.239 e. The molecule has 1 aromatic carbocycles. The third-order valence-corrected chi connectivity index (χ3v) is 4.66. The van der Waals surface area contributed by atoms with Crippen LogP contribution in [-0.2, 0) is 4.79 Å². The fraction of sp³-hybridized carbons (Fsp3) is 0.312. The van der Waals surface area contributed by atoms with Crippen LogP contribution in [0.4, 0.5) is 5.82 Å². The van der Waals surface area contributed by atoms with Gasteiger partial charge in [0, 0.05) is 6.07 Å². The van der Waals surface area contributed by atoms with E-state index in [0.29, 0.717) is 18.0 Å². The molecule has 2 N–H and O–H groups in total. The molecule has 2 heterocycles. The van der Waals surface area contributed by atoms with Crippen LogP contribution in [0.25, 0.3) is 11.0 Å². The minimum atomic E-state index is -0.256. The number of anilines is 1. The maximum atomic E-state index is 12.4. The summed E-state index contributed by atoms with van der Waals surface area (Å²) in [7, 11) is 0. The van der Waals surface area contributed by atoms with Crippen LogP contribution in [0.15, 0.2) is 33.9 Å². The lowest BCUT2D eigenvalue weighted by atomic mass is 10.2. The van der Waals surface area contributed by atoms with Gasteiger partial charge < -0.3 is 14.8 Å². The first-order valence-corrected chi connectivity index (χ1v) is 8.30. The fourth-order valence-corrected chi connectivity index (χ4v) is 3.17. The molecular formula is C16H18N4O2S. The molecule has 0 spiro atoms. The van der Waals surface area contributed by atoms with Crippen molar-refractivity contribution in [3.63, 3.8) is 0 Å². The first-order chi connectivity index (χ1) is 11.0. The number of benzene rings is 1. The van der Waals surface area contributed by atoms with E-state index in [-0.39, 0.29) is 11.2 Å². The minimum absolute atomic E-state index is 0.109.